The van der Waals surface area contributed by atoms with Crippen LogP contribution < -0.4 is 0 Å². The fourth-order valence-electron chi connectivity index (χ4n) is 0.994. The van der Waals surface area contributed by atoms with E-state index >= 15 is 0 Å². The molecule has 0 aliphatic rings. The van der Waals surface area contributed by atoms with Gasteiger partial charge in [-0.1, -0.05) is 39.2 Å². The van der Waals surface area contributed by atoms with Gasteiger partial charge >= 0.3 is 5.97 Å². The third-order valence-electron chi connectivity index (χ3n) is 1.83. The smallest absolute Gasteiger partial charge is 0.319 e. The van der Waals surface area contributed by atoms with Crippen LogP contribution in [0.1, 0.15) is 39.5 Å². The minimum atomic E-state index is -0.617. The fourth-order valence-corrected chi connectivity index (χ4v) is 2.13. The molecule has 0 aromatic rings. The van der Waals surface area contributed by atoms with E-state index in [1.807, 2.05) is 0 Å². The van der Waals surface area contributed by atoms with Gasteiger partial charge in [-0.25, -0.2) is 4.79 Å². The molecule has 0 aliphatic heterocycles. The first kappa shape index (κ1) is 12.4. The highest BCUT2D eigenvalue weighted by Gasteiger charge is 2.01. The molecule has 76 valence electrons. The maximum Gasteiger partial charge on any atom is 0.319 e. The van der Waals surface area contributed by atoms with Gasteiger partial charge in [-0.05, 0) is 13.0 Å². The highest BCUT2D eigenvalue weighted by molar-refractivity contribution is 6.31. The molecule has 0 saturated carbocycles. The van der Waals surface area contributed by atoms with Crippen molar-refractivity contribution in [2.75, 3.05) is 0 Å². The SMILES string of the molecule is C=C(C)C(=O)O[SiH2]CCCCCC. The van der Waals surface area contributed by atoms with Crippen LogP contribution >= 0.6 is 0 Å². The van der Waals surface area contributed by atoms with Crippen molar-refractivity contribution < 1.29 is 9.22 Å². The molecule has 3 heteroatoms. The Morgan fingerprint density at radius 3 is 2.62 bits per heavy atom. The van der Waals surface area contributed by atoms with Crippen molar-refractivity contribution >= 4 is 15.7 Å². The zero-order valence-corrected chi connectivity index (χ0v) is 10.2. The molecule has 0 amide bonds. The van der Waals surface area contributed by atoms with Crippen LogP contribution in [-0.4, -0.2) is 15.7 Å². The second kappa shape index (κ2) is 8.04. The Bertz CT molecular complexity index is 166. The number of carbonyl (C=O) groups excluding carboxylic acids is 1. The zero-order valence-electron chi connectivity index (χ0n) is 8.77. The van der Waals surface area contributed by atoms with Crippen molar-refractivity contribution in [1.29, 1.82) is 0 Å². The normalized spacial score (nSPS) is 10.6. The lowest BCUT2D eigenvalue weighted by Gasteiger charge is -2.03. The Balaban J connectivity index is 3.16. The summed E-state index contributed by atoms with van der Waals surface area (Å²) in [6, 6.07) is 1.11. The van der Waals surface area contributed by atoms with E-state index in [0.717, 1.165) is 6.04 Å². The van der Waals surface area contributed by atoms with E-state index in [1.54, 1.807) is 6.92 Å². The fraction of sp³-hybridized carbons (Fsp3) is 0.700. The number of carbonyl (C=O) groups is 1. The van der Waals surface area contributed by atoms with Gasteiger partial charge in [0.25, 0.3) is 0 Å². The van der Waals surface area contributed by atoms with E-state index in [4.69, 9.17) is 4.43 Å². The molecule has 0 aliphatic carbocycles. The summed E-state index contributed by atoms with van der Waals surface area (Å²) in [4.78, 5) is 10.9. The third-order valence-corrected chi connectivity index (χ3v) is 3.08. The van der Waals surface area contributed by atoms with Gasteiger partial charge in [0.15, 0.2) is 0 Å². The van der Waals surface area contributed by atoms with Gasteiger partial charge in [0.2, 0.25) is 9.76 Å². The first-order valence-electron chi connectivity index (χ1n) is 5.01. The topological polar surface area (TPSA) is 26.3 Å². The van der Waals surface area contributed by atoms with Gasteiger partial charge in [0, 0.05) is 5.57 Å². The van der Waals surface area contributed by atoms with E-state index in [2.05, 4.69) is 13.5 Å². The summed E-state index contributed by atoms with van der Waals surface area (Å²) in [6.07, 6.45) is 5.04. The Labute approximate surface area is 83.3 Å². The average Bonchev–Trinajstić information content (AvgIpc) is 2.10. The molecule has 13 heavy (non-hydrogen) atoms. The standard InChI is InChI=1S/C10H20O2Si/c1-4-5-6-7-8-13-12-10(11)9(2)3/h2,4-8,13H2,1,3H3. The molecule has 0 radical (unpaired) electrons. The Morgan fingerprint density at radius 2 is 2.08 bits per heavy atom. The maximum atomic E-state index is 10.9. The van der Waals surface area contributed by atoms with Crippen LogP contribution in [-0.2, 0) is 9.22 Å². The largest absolute Gasteiger partial charge is 0.522 e. The summed E-state index contributed by atoms with van der Waals surface area (Å²) in [6.45, 7) is 7.41. The van der Waals surface area contributed by atoms with Gasteiger partial charge in [-0.3, -0.25) is 0 Å². The number of unbranched alkanes of at least 4 members (excludes halogenated alkanes) is 3. The first-order chi connectivity index (χ1) is 6.18. The van der Waals surface area contributed by atoms with Gasteiger partial charge < -0.3 is 4.43 Å². The average molecular weight is 200 g/mol. The Hall–Kier alpha value is -0.573. The van der Waals surface area contributed by atoms with E-state index < -0.39 is 9.76 Å². The molecule has 0 bridgehead atoms. The maximum absolute atomic E-state index is 10.9. The van der Waals surface area contributed by atoms with E-state index in [0.29, 0.717) is 5.57 Å². The molecule has 0 aromatic carbocycles. The third kappa shape index (κ3) is 7.78. The summed E-state index contributed by atoms with van der Waals surface area (Å²) in [7, 11) is -0.617. The predicted molar refractivity (Wildman–Crippen MR) is 58.4 cm³/mol. The van der Waals surface area contributed by atoms with Crippen LogP contribution in [0, 0.1) is 0 Å². The highest BCUT2D eigenvalue weighted by atomic mass is 28.2. The molecular formula is C10H20O2Si. The van der Waals surface area contributed by atoms with Gasteiger partial charge in [-0.15, -0.1) is 0 Å². The lowest BCUT2D eigenvalue weighted by atomic mass is 10.2. The van der Waals surface area contributed by atoms with Crippen molar-refractivity contribution in [2.45, 2.75) is 45.6 Å². The van der Waals surface area contributed by atoms with Gasteiger partial charge in [-0.2, -0.15) is 0 Å². The molecular weight excluding hydrogens is 180 g/mol. The van der Waals surface area contributed by atoms with Gasteiger partial charge in [0.05, 0.1) is 0 Å². The van der Waals surface area contributed by atoms with Crippen molar-refractivity contribution in [3.63, 3.8) is 0 Å². The highest BCUT2D eigenvalue weighted by Crippen LogP contribution is 2.02. The van der Waals surface area contributed by atoms with Crippen LogP contribution in [0.2, 0.25) is 6.04 Å². The lowest BCUT2D eigenvalue weighted by Crippen LogP contribution is -2.08. The molecule has 0 heterocycles. The summed E-state index contributed by atoms with van der Waals surface area (Å²) in [5.41, 5.74) is 0.515. The molecule has 0 N–H and O–H groups in total. The number of rotatable bonds is 7. The summed E-state index contributed by atoms with van der Waals surface area (Å²) in [5.74, 6) is -0.206. The van der Waals surface area contributed by atoms with Crippen LogP contribution in [0.25, 0.3) is 0 Å². The van der Waals surface area contributed by atoms with Crippen LogP contribution in [0.15, 0.2) is 12.2 Å². The molecule has 0 unspecified atom stereocenters. The molecule has 0 spiro atoms. The summed E-state index contributed by atoms with van der Waals surface area (Å²) >= 11 is 0. The molecule has 0 atom stereocenters. The molecule has 0 rings (SSSR count). The van der Waals surface area contributed by atoms with Crippen molar-refractivity contribution in [1.82, 2.24) is 0 Å². The Kier molecular flexibility index (Phi) is 7.69. The quantitative estimate of drug-likeness (QED) is 0.358. The molecule has 2 nitrogen and oxygen atoms in total. The zero-order chi connectivity index (χ0) is 10.1. The van der Waals surface area contributed by atoms with Gasteiger partial charge in [0.1, 0.15) is 0 Å². The van der Waals surface area contributed by atoms with Crippen molar-refractivity contribution in [3.05, 3.63) is 12.2 Å². The monoisotopic (exact) mass is 200 g/mol. The Morgan fingerprint density at radius 1 is 1.38 bits per heavy atom. The first-order valence-corrected chi connectivity index (χ1v) is 6.58. The molecule has 0 fully saturated rings. The summed E-state index contributed by atoms with van der Waals surface area (Å²) in [5, 5.41) is 0. The predicted octanol–water partition coefficient (Wildman–Crippen LogP) is 2.19. The van der Waals surface area contributed by atoms with Crippen LogP contribution in [0.4, 0.5) is 0 Å². The van der Waals surface area contributed by atoms with Crippen molar-refractivity contribution in [2.24, 2.45) is 0 Å². The second-order valence-electron chi connectivity index (χ2n) is 3.33. The number of hydrogen-bond donors (Lipinski definition) is 0. The number of hydrogen-bond acceptors (Lipinski definition) is 2. The van der Waals surface area contributed by atoms with E-state index in [9.17, 15) is 4.79 Å². The lowest BCUT2D eigenvalue weighted by molar-refractivity contribution is -0.130. The minimum absolute atomic E-state index is 0.206. The van der Waals surface area contributed by atoms with E-state index in [-0.39, 0.29) is 5.97 Å². The van der Waals surface area contributed by atoms with Crippen molar-refractivity contribution in [3.8, 4) is 0 Å². The summed E-state index contributed by atoms with van der Waals surface area (Å²) < 4.78 is 5.08. The van der Waals surface area contributed by atoms with E-state index in [1.165, 1.54) is 25.7 Å². The molecule has 0 aromatic heterocycles. The van der Waals surface area contributed by atoms with Crippen LogP contribution in [0.5, 0.6) is 0 Å². The minimum Gasteiger partial charge on any atom is -0.522 e. The molecule has 0 saturated heterocycles. The van der Waals surface area contributed by atoms with Crippen LogP contribution in [0.3, 0.4) is 0 Å². The second-order valence-corrected chi connectivity index (χ2v) is 4.73.